The van der Waals surface area contributed by atoms with E-state index in [-0.39, 0.29) is 11.7 Å². The van der Waals surface area contributed by atoms with Gasteiger partial charge in [-0.25, -0.2) is 4.39 Å². The number of hydrogen-bond acceptors (Lipinski definition) is 4. The number of carbonyl (C=O) groups excluding carboxylic acids is 1. The van der Waals surface area contributed by atoms with E-state index in [1.165, 1.54) is 17.4 Å². The summed E-state index contributed by atoms with van der Waals surface area (Å²) in [5.41, 5.74) is 1.43. The summed E-state index contributed by atoms with van der Waals surface area (Å²) < 4.78 is 14.7. The second-order valence-electron chi connectivity index (χ2n) is 4.81. The molecule has 0 aliphatic carbocycles. The number of likely N-dealkylation sites (tertiary alicyclic amines) is 1. The lowest BCUT2D eigenvalue weighted by molar-refractivity contribution is 0.00600. The molecule has 7 heteroatoms. The molecule has 2 heterocycles. The molecule has 2 N–H and O–H groups in total. The number of thiophene rings is 1. The van der Waals surface area contributed by atoms with Crippen molar-refractivity contribution in [2.75, 3.05) is 18.4 Å². The van der Waals surface area contributed by atoms with Crippen molar-refractivity contribution in [2.45, 2.75) is 6.10 Å². The van der Waals surface area contributed by atoms with E-state index in [9.17, 15) is 14.3 Å². The van der Waals surface area contributed by atoms with Gasteiger partial charge in [0.2, 0.25) is 0 Å². The van der Waals surface area contributed by atoms with Crippen molar-refractivity contribution in [3.63, 3.8) is 0 Å². The molecular formula is C14H12FIN2O2S. The maximum absolute atomic E-state index is 13.9. The molecule has 4 nitrogen and oxygen atoms in total. The van der Waals surface area contributed by atoms with Crippen LogP contribution in [0.2, 0.25) is 0 Å². The van der Waals surface area contributed by atoms with Crippen LogP contribution < -0.4 is 5.32 Å². The number of amides is 1. The number of hydrogen-bond donors (Lipinski definition) is 2. The van der Waals surface area contributed by atoms with E-state index in [1.807, 2.05) is 22.6 Å². The van der Waals surface area contributed by atoms with Gasteiger partial charge in [0.05, 0.1) is 23.0 Å². The maximum Gasteiger partial charge on any atom is 0.256 e. The van der Waals surface area contributed by atoms with Gasteiger partial charge in [-0.2, -0.15) is 0 Å². The highest BCUT2D eigenvalue weighted by Gasteiger charge is 2.31. The lowest BCUT2D eigenvalue weighted by atomic mass is 10.1. The average Bonchev–Trinajstić information content (AvgIpc) is 2.86. The summed E-state index contributed by atoms with van der Waals surface area (Å²) in [6.45, 7) is 0.706. The molecule has 0 radical (unpaired) electrons. The molecule has 0 bridgehead atoms. The van der Waals surface area contributed by atoms with Gasteiger partial charge < -0.3 is 15.3 Å². The Morgan fingerprint density at radius 3 is 2.81 bits per heavy atom. The Balaban J connectivity index is 1.80. The molecule has 1 saturated heterocycles. The number of carbonyl (C=O) groups is 1. The van der Waals surface area contributed by atoms with Gasteiger partial charge in [-0.15, -0.1) is 11.3 Å². The van der Waals surface area contributed by atoms with Crippen LogP contribution in [0.25, 0.3) is 0 Å². The number of rotatable bonds is 3. The summed E-state index contributed by atoms with van der Waals surface area (Å²) in [5.74, 6) is -0.499. The largest absolute Gasteiger partial charge is 0.389 e. The van der Waals surface area contributed by atoms with E-state index in [4.69, 9.17) is 0 Å². The molecule has 110 valence electrons. The van der Waals surface area contributed by atoms with Crippen LogP contribution in [0.15, 0.2) is 29.0 Å². The minimum atomic E-state index is -0.433. The Morgan fingerprint density at radius 2 is 2.14 bits per heavy atom. The highest BCUT2D eigenvalue weighted by molar-refractivity contribution is 14.1. The Kier molecular flexibility index (Phi) is 4.14. The topological polar surface area (TPSA) is 52.6 Å². The van der Waals surface area contributed by atoms with Crippen LogP contribution in [-0.4, -0.2) is 35.1 Å². The van der Waals surface area contributed by atoms with Crippen LogP contribution in [0, 0.1) is 9.39 Å². The van der Waals surface area contributed by atoms with Crippen molar-refractivity contribution in [2.24, 2.45) is 0 Å². The molecule has 1 aliphatic rings. The van der Waals surface area contributed by atoms with E-state index in [2.05, 4.69) is 5.32 Å². The Labute approximate surface area is 138 Å². The number of benzene rings is 1. The molecule has 0 saturated carbocycles. The summed E-state index contributed by atoms with van der Waals surface area (Å²) >= 11 is 3.42. The van der Waals surface area contributed by atoms with Gasteiger partial charge in [-0.05, 0) is 40.8 Å². The van der Waals surface area contributed by atoms with Gasteiger partial charge in [-0.3, -0.25) is 4.79 Å². The highest BCUT2D eigenvalue weighted by Crippen LogP contribution is 2.29. The first-order chi connectivity index (χ1) is 10.0. The molecule has 1 amide bonds. The number of aliphatic hydroxyl groups is 1. The third kappa shape index (κ3) is 3.04. The number of anilines is 2. The SMILES string of the molecule is O=C(c1cscc1Nc1ccc(I)cc1F)N1CC(O)C1. The molecule has 0 unspecified atom stereocenters. The van der Waals surface area contributed by atoms with Crippen LogP contribution in [0.3, 0.4) is 0 Å². The molecule has 1 fully saturated rings. The smallest absolute Gasteiger partial charge is 0.256 e. The molecule has 1 aliphatic heterocycles. The zero-order valence-corrected chi connectivity index (χ0v) is 13.8. The average molecular weight is 418 g/mol. The fourth-order valence-electron chi connectivity index (χ4n) is 2.09. The molecule has 1 aromatic heterocycles. The number of halogens is 2. The summed E-state index contributed by atoms with van der Waals surface area (Å²) in [5, 5.41) is 15.8. The lowest BCUT2D eigenvalue weighted by Gasteiger charge is -2.35. The molecule has 2 aromatic rings. The highest BCUT2D eigenvalue weighted by atomic mass is 127. The molecule has 1 aromatic carbocycles. The van der Waals surface area contributed by atoms with Crippen molar-refractivity contribution in [1.82, 2.24) is 4.90 Å². The Hall–Kier alpha value is -1.19. The fourth-order valence-corrected chi connectivity index (χ4v) is 3.29. The second-order valence-corrected chi connectivity index (χ2v) is 6.80. The summed E-state index contributed by atoms with van der Waals surface area (Å²) in [4.78, 5) is 13.8. The Bertz CT molecular complexity index is 685. The van der Waals surface area contributed by atoms with Crippen molar-refractivity contribution in [1.29, 1.82) is 0 Å². The quantitative estimate of drug-likeness (QED) is 0.754. The first kappa shape index (κ1) is 14.7. The van der Waals surface area contributed by atoms with Crippen LogP contribution in [0.4, 0.5) is 15.8 Å². The van der Waals surface area contributed by atoms with Gasteiger partial charge in [-0.1, -0.05) is 0 Å². The van der Waals surface area contributed by atoms with E-state index in [0.717, 1.165) is 3.57 Å². The first-order valence-corrected chi connectivity index (χ1v) is 8.32. The van der Waals surface area contributed by atoms with Gasteiger partial charge in [0.25, 0.3) is 5.91 Å². The number of β-amino-alcohol motifs (C(OH)–C–C–N with tert-alkyl or cyclic N) is 1. The molecular weight excluding hydrogens is 406 g/mol. The third-order valence-electron chi connectivity index (χ3n) is 3.24. The lowest BCUT2D eigenvalue weighted by Crippen LogP contribution is -2.53. The summed E-state index contributed by atoms with van der Waals surface area (Å²) in [6, 6.07) is 4.88. The van der Waals surface area contributed by atoms with E-state index in [0.29, 0.717) is 30.0 Å². The van der Waals surface area contributed by atoms with Crippen LogP contribution >= 0.6 is 33.9 Å². The van der Waals surface area contributed by atoms with Gasteiger partial charge in [0, 0.05) is 27.4 Å². The van der Waals surface area contributed by atoms with Gasteiger partial charge >= 0.3 is 0 Å². The van der Waals surface area contributed by atoms with E-state index < -0.39 is 6.10 Å². The third-order valence-corrected chi connectivity index (χ3v) is 4.66. The number of aliphatic hydroxyl groups excluding tert-OH is 1. The van der Waals surface area contributed by atoms with Gasteiger partial charge in [0.1, 0.15) is 5.82 Å². The number of nitrogens with one attached hydrogen (secondary N) is 1. The van der Waals surface area contributed by atoms with Crippen molar-refractivity contribution >= 4 is 51.2 Å². The number of nitrogens with zero attached hydrogens (tertiary/aromatic N) is 1. The maximum atomic E-state index is 13.9. The summed E-state index contributed by atoms with van der Waals surface area (Å²) in [6.07, 6.45) is -0.433. The molecule has 0 spiro atoms. The van der Waals surface area contributed by atoms with Crippen LogP contribution in [0.5, 0.6) is 0 Å². The monoisotopic (exact) mass is 418 g/mol. The second kappa shape index (κ2) is 5.90. The molecule has 0 atom stereocenters. The van der Waals surface area contributed by atoms with Gasteiger partial charge in [0.15, 0.2) is 0 Å². The minimum Gasteiger partial charge on any atom is -0.389 e. The Morgan fingerprint density at radius 1 is 1.38 bits per heavy atom. The molecule has 21 heavy (non-hydrogen) atoms. The predicted molar refractivity (Wildman–Crippen MR) is 88.6 cm³/mol. The van der Waals surface area contributed by atoms with Crippen molar-refractivity contribution < 1.29 is 14.3 Å². The fraction of sp³-hybridized carbons (Fsp3) is 0.214. The predicted octanol–water partition coefficient (Wildman–Crippen LogP) is 3.05. The minimum absolute atomic E-state index is 0.144. The van der Waals surface area contributed by atoms with Crippen LogP contribution in [-0.2, 0) is 0 Å². The van der Waals surface area contributed by atoms with Crippen molar-refractivity contribution in [3.8, 4) is 0 Å². The standard InChI is InChI=1S/C14H12FIN2O2S/c15-11-3-8(16)1-2-12(11)17-13-7-21-6-10(13)14(20)18-4-9(19)5-18/h1-3,6-7,9,17,19H,4-5H2. The summed E-state index contributed by atoms with van der Waals surface area (Å²) in [7, 11) is 0. The first-order valence-electron chi connectivity index (χ1n) is 6.30. The zero-order valence-electron chi connectivity index (χ0n) is 10.8. The normalized spacial score (nSPS) is 14.9. The van der Waals surface area contributed by atoms with Crippen LogP contribution in [0.1, 0.15) is 10.4 Å². The van der Waals surface area contributed by atoms with Crippen molar-refractivity contribution in [3.05, 3.63) is 43.9 Å². The van der Waals surface area contributed by atoms with E-state index in [1.54, 1.807) is 27.8 Å². The molecule has 3 rings (SSSR count). The zero-order chi connectivity index (χ0) is 15.0. The van der Waals surface area contributed by atoms with E-state index >= 15 is 0 Å².